The lowest BCUT2D eigenvalue weighted by Gasteiger charge is -2.34. The van der Waals surface area contributed by atoms with Gasteiger partial charge < -0.3 is 34.9 Å². The largest absolute Gasteiger partial charge is 0.465 e. The number of amides is 3. The van der Waals surface area contributed by atoms with Crippen molar-refractivity contribution >= 4 is 23.8 Å². The zero-order chi connectivity index (χ0) is 46.9. The van der Waals surface area contributed by atoms with Gasteiger partial charge in [-0.25, -0.2) is 19.6 Å². The van der Waals surface area contributed by atoms with E-state index in [0.717, 1.165) is 72.7 Å². The van der Waals surface area contributed by atoms with E-state index in [1.54, 1.807) is 7.05 Å². The third-order valence-corrected chi connectivity index (χ3v) is 14.3. The van der Waals surface area contributed by atoms with E-state index in [-0.39, 0.29) is 41.9 Å². The molecule has 3 aliphatic heterocycles. The summed E-state index contributed by atoms with van der Waals surface area (Å²) in [4.78, 5) is 66.5. The standard InChI is InChI=1S/C52H65N9O6/c1-31(2)46(57-51(63)66-6)49(62)59-27-7-9-44(59)47-53-29-40(55-47)35-13-17-37(18-14-35)42-25-26-43(61(42)39-23-21-34(22-24-39)33-11-12-33)38-19-15-36(16-20-38)41-30-54-48(56-41)45-10-8-28-60(45)67-50(32(3)4)58(5)52(64)65/h13-24,29-33,42-46,50H,7-12,25-28H2,1-6H3,(H,53,55)(H,54,56)(H,57,63)(H,64,65)/t42-,43+,44-,45-,46-,50-/m0/s1. The van der Waals surface area contributed by atoms with Gasteiger partial charge in [-0.1, -0.05) is 88.4 Å². The maximum atomic E-state index is 13.7. The first kappa shape index (κ1) is 45.9. The molecule has 0 spiro atoms. The second-order valence-electron chi connectivity index (χ2n) is 19.4. The van der Waals surface area contributed by atoms with E-state index in [1.165, 1.54) is 47.2 Å². The number of carbonyl (C=O) groups excluding carboxylic acids is 2. The number of anilines is 1. The SMILES string of the molecule is COC(=O)N[C@H](C(=O)N1CCC[C@H]1c1nc(-c2ccc([C@@H]3CC[C@H](c4ccc(-c5c[nH]c([C@@H]6CCCN6O[C@@H](C(C)C)N(C)C(=O)O)n5)cc4)N3c3ccc(C4CC4)cc3)cc2)c[nH]1)C(C)C. The first-order chi connectivity index (χ1) is 32.4. The summed E-state index contributed by atoms with van der Waals surface area (Å²) in [5.41, 5.74) is 8.85. The smallest absolute Gasteiger partial charge is 0.409 e. The molecule has 3 saturated heterocycles. The number of carbonyl (C=O) groups is 3. The molecule has 0 bridgehead atoms. The Morgan fingerprint density at radius 1 is 0.701 bits per heavy atom. The van der Waals surface area contributed by atoms with Gasteiger partial charge in [0.15, 0.2) is 6.23 Å². The zero-order valence-corrected chi connectivity index (χ0v) is 39.5. The molecule has 3 aromatic carbocycles. The van der Waals surface area contributed by atoms with E-state index in [4.69, 9.17) is 19.5 Å². The lowest BCUT2D eigenvalue weighted by atomic mass is 10.0. The van der Waals surface area contributed by atoms with E-state index in [9.17, 15) is 19.5 Å². The van der Waals surface area contributed by atoms with Crippen LogP contribution in [-0.2, 0) is 14.4 Å². The van der Waals surface area contributed by atoms with Crippen LogP contribution < -0.4 is 10.2 Å². The summed E-state index contributed by atoms with van der Waals surface area (Å²) in [7, 11) is 2.85. The minimum absolute atomic E-state index is 0.0247. The second kappa shape index (κ2) is 19.6. The molecule has 6 atom stereocenters. The molecular formula is C52H65N9O6. The van der Waals surface area contributed by atoms with E-state index in [0.29, 0.717) is 19.0 Å². The maximum absolute atomic E-state index is 13.7. The zero-order valence-electron chi connectivity index (χ0n) is 39.5. The molecule has 2 aromatic heterocycles. The van der Waals surface area contributed by atoms with Crippen molar-refractivity contribution in [2.45, 2.75) is 121 Å². The number of benzene rings is 3. The summed E-state index contributed by atoms with van der Waals surface area (Å²) in [5.74, 6) is 1.99. The minimum Gasteiger partial charge on any atom is -0.465 e. The molecular weight excluding hydrogens is 847 g/mol. The average molecular weight is 912 g/mol. The number of nitrogens with zero attached hydrogens (tertiary/aromatic N) is 6. The molecule has 67 heavy (non-hydrogen) atoms. The van der Waals surface area contributed by atoms with Crippen LogP contribution in [0.1, 0.15) is 137 Å². The van der Waals surface area contributed by atoms with E-state index >= 15 is 0 Å². The number of alkyl carbamates (subject to hydrolysis) is 1. The predicted molar refractivity (Wildman–Crippen MR) is 256 cm³/mol. The van der Waals surface area contributed by atoms with Crippen molar-refractivity contribution in [3.8, 4) is 22.5 Å². The first-order valence-electron chi connectivity index (χ1n) is 24.1. The van der Waals surface area contributed by atoms with E-state index < -0.39 is 24.5 Å². The molecule has 4 fully saturated rings. The van der Waals surface area contributed by atoms with Crippen molar-refractivity contribution < 1.29 is 29.1 Å². The van der Waals surface area contributed by atoms with Crippen LogP contribution in [0.5, 0.6) is 0 Å². The Kier molecular flexibility index (Phi) is 13.4. The normalized spacial score (nSPS) is 21.9. The Morgan fingerprint density at radius 3 is 1.76 bits per heavy atom. The number of ether oxygens (including phenoxy) is 1. The number of nitrogens with one attached hydrogen (secondary N) is 3. The maximum Gasteiger partial charge on any atom is 0.409 e. The number of imidazole rings is 2. The number of H-pyrrole nitrogens is 2. The summed E-state index contributed by atoms with van der Waals surface area (Å²) >= 11 is 0. The van der Waals surface area contributed by atoms with Gasteiger partial charge in [-0.05, 0) is 92.0 Å². The van der Waals surface area contributed by atoms with Gasteiger partial charge >= 0.3 is 12.2 Å². The lowest BCUT2D eigenvalue weighted by Crippen LogP contribution is -2.51. The molecule has 4 aliphatic rings. The van der Waals surface area contributed by atoms with Gasteiger partial charge in [-0.3, -0.25) is 14.5 Å². The summed E-state index contributed by atoms with van der Waals surface area (Å²) < 4.78 is 4.81. The van der Waals surface area contributed by atoms with Crippen LogP contribution in [0, 0.1) is 11.8 Å². The molecule has 9 rings (SSSR count). The molecule has 15 heteroatoms. The predicted octanol–water partition coefficient (Wildman–Crippen LogP) is 10.1. The van der Waals surface area contributed by atoms with Gasteiger partial charge in [-0.15, -0.1) is 0 Å². The molecule has 354 valence electrons. The number of rotatable bonds is 15. The highest BCUT2D eigenvalue weighted by molar-refractivity contribution is 5.86. The van der Waals surface area contributed by atoms with Crippen LogP contribution in [0.3, 0.4) is 0 Å². The van der Waals surface area contributed by atoms with Crippen molar-refractivity contribution in [1.29, 1.82) is 0 Å². The Labute approximate surface area is 393 Å². The van der Waals surface area contributed by atoms with Crippen LogP contribution in [0.2, 0.25) is 0 Å². The second-order valence-corrected chi connectivity index (χ2v) is 19.4. The van der Waals surface area contributed by atoms with Crippen molar-refractivity contribution in [1.82, 2.24) is 40.1 Å². The summed E-state index contributed by atoms with van der Waals surface area (Å²) in [5, 5.41) is 14.3. The molecule has 5 aromatic rings. The number of methoxy groups -OCH3 is 1. The molecule has 0 unspecified atom stereocenters. The molecule has 0 radical (unpaired) electrons. The van der Waals surface area contributed by atoms with Gasteiger partial charge in [0.2, 0.25) is 5.91 Å². The van der Waals surface area contributed by atoms with Gasteiger partial charge in [-0.2, -0.15) is 5.06 Å². The summed E-state index contributed by atoms with van der Waals surface area (Å²) in [6.07, 6.45) is 9.62. The van der Waals surface area contributed by atoms with Crippen LogP contribution in [0.25, 0.3) is 22.5 Å². The monoisotopic (exact) mass is 912 g/mol. The van der Waals surface area contributed by atoms with Crippen molar-refractivity contribution in [2.75, 3.05) is 32.1 Å². The molecule has 15 nitrogen and oxygen atoms in total. The fraction of sp³-hybridized carbons (Fsp3) is 0.481. The van der Waals surface area contributed by atoms with E-state index in [2.05, 4.69) is 93.0 Å². The Bertz CT molecular complexity index is 2500. The number of hydrogen-bond acceptors (Lipinski definition) is 9. The number of aromatic nitrogens is 4. The fourth-order valence-electron chi connectivity index (χ4n) is 10.4. The number of hydroxylamine groups is 2. The quantitative estimate of drug-likeness (QED) is 0.0741. The van der Waals surface area contributed by atoms with Crippen LogP contribution >= 0.6 is 0 Å². The lowest BCUT2D eigenvalue weighted by molar-refractivity contribution is -0.251. The van der Waals surface area contributed by atoms with Crippen LogP contribution in [-0.4, -0.2) is 97.5 Å². The number of hydrogen-bond donors (Lipinski definition) is 4. The topological polar surface area (TPSA) is 172 Å². The Morgan fingerprint density at radius 2 is 1.24 bits per heavy atom. The van der Waals surface area contributed by atoms with Crippen LogP contribution in [0.15, 0.2) is 85.2 Å². The van der Waals surface area contributed by atoms with E-state index in [1.807, 2.05) is 50.1 Å². The van der Waals surface area contributed by atoms with Crippen molar-refractivity contribution in [3.63, 3.8) is 0 Å². The highest BCUT2D eigenvalue weighted by atomic mass is 16.7. The van der Waals surface area contributed by atoms with Gasteiger partial charge in [0.05, 0.1) is 42.7 Å². The highest BCUT2D eigenvalue weighted by Gasteiger charge is 2.39. The minimum atomic E-state index is -1.02. The fourth-order valence-corrected chi connectivity index (χ4v) is 10.4. The molecule has 1 saturated carbocycles. The van der Waals surface area contributed by atoms with Gasteiger partial charge in [0, 0.05) is 55.3 Å². The number of aromatic amines is 2. The third kappa shape index (κ3) is 9.66. The summed E-state index contributed by atoms with van der Waals surface area (Å²) in [6.45, 7) is 9.07. The number of carboxylic acid groups (broad SMARTS) is 1. The molecule has 3 amide bonds. The highest BCUT2D eigenvalue weighted by Crippen LogP contribution is 2.48. The molecule has 1 aliphatic carbocycles. The third-order valence-electron chi connectivity index (χ3n) is 14.3. The average Bonchev–Trinajstić information content (AvgIpc) is 3.94. The Hall–Kier alpha value is -6.19. The van der Waals surface area contributed by atoms with Gasteiger partial charge in [0.1, 0.15) is 17.7 Å². The van der Waals surface area contributed by atoms with Gasteiger partial charge in [0.25, 0.3) is 0 Å². The molecule has 4 N–H and O–H groups in total. The first-order valence-corrected chi connectivity index (χ1v) is 24.1. The summed E-state index contributed by atoms with van der Waals surface area (Å²) in [6, 6.07) is 26.2. The number of likely N-dealkylation sites (tertiary alicyclic amines) is 1. The van der Waals surface area contributed by atoms with Crippen LogP contribution in [0.4, 0.5) is 15.3 Å². The van der Waals surface area contributed by atoms with Crippen molar-refractivity contribution in [2.24, 2.45) is 11.8 Å². The van der Waals surface area contributed by atoms with Crippen molar-refractivity contribution in [3.05, 3.63) is 114 Å². The Balaban J connectivity index is 0.913. The molecule has 5 heterocycles.